The molecule has 1 heterocycles. The summed E-state index contributed by atoms with van der Waals surface area (Å²) in [6, 6.07) is 12.3. The van der Waals surface area contributed by atoms with E-state index in [1.54, 1.807) is 6.07 Å². The Hall–Kier alpha value is -2.04. The summed E-state index contributed by atoms with van der Waals surface area (Å²) < 4.78 is 38.6. The molecule has 1 saturated carbocycles. The van der Waals surface area contributed by atoms with Gasteiger partial charge in [0.1, 0.15) is 0 Å². The van der Waals surface area contributed by atoms with Crippen molar-refractivity contribution in [2.45, 2.75) is 44.8 Å². The van der Waals surface area contributed by atoms with Gasteiger partial charge in [-0.25, -0.2) is 8.78 Å². The first kappa shape index (κ1) is 20.2. The van der Waals surface area contributed by atoms with E-state index in [9.17, 15) is 8.78 Å². The minimum atomic E-state index is -0.814. The van der Waals surface area contributed by atoms with Crippen molar-refractivity contribution < 1.29 is 18.3 Å². The molecule has 2 aromatic carbocycles. The van der Waals surface area contributed by atoms with Crippen LogP contribution >= 0.6 is 0 Å². The zero-order chi connectivity index (χ0) is 20.2. The van der Waals surface area contributed by atoms with Crippen LogP contribution in [0.5, 0.6) is 0 Å². The molecule has 2 fully saturated rings. The second kappa shape index (κ2) is 9.19. The summed E-state index contributed by atoms with van der Waals surface area (Å²) in [5, 5.41) is 0. The summed E-state index contributed by atoms with van der Waals surface area (Å²) in [7, 11) is 0. The van der Waals surface area contributed by atoms with Gasteiger partial charge in [-0.3, -0.25) is 0 Å². The average Bonchev–Trinajstić information content (AvgIpc) is 2.77. The molecule has 29 heavy (non-hydrogen) atoms. The maximum atomic E-state index is 13.5. The van der Waals surface area contributed by atoms with E-state index < -0.39 is 11.6 Å². The number of ether oxygens (including phenoxy) is 2. The number of hydrogen-bond acceptors (Lipinski definition) is 2. The summed E-state index contributed by atoms with van der Waals surface area (Å²) in [5.41, 5.74) is 2.91. The van der Waals surface area contributed by atoms with Crippen molar-refractivity contribution >= 4 is 0 Å². The third-order valence-electron chi connectivity index (χ3n) is 6.21. The number of allylic oxidation sites excluding steroid dienone is 1. The molecule has 1 aliphatic heterocycles. The fourth-order valence-electron chi connectivity index (χ4n) is 4.54. The molecular weight excluding hydrogens is 370 g/mol. The zero-order valence-electron chi connectivity index (χ0n) is 16.8. The van der Waals surface area contributed by atoms with Gasteiger partial charge < -0.3 is 9.47 Å². The molecule has 0 amide bonds. The van der Waals surface area contributed by atoms with Crippen LogP contribution in [-0.2, 0) is 9.47 Å². The molecule has 4 rings (SSSR count). The Kier molecular flexibility index (Phi) is 6.41. The van der Waals surface area contributed by atoms with Crippen LogP contribution in [0.3, 0.4) is 0 Å². The van der Waals surface area contributed by atoms with Crippen LogP contribution in [0.25, 0.3) is 11.1 Å². The third kappa shape index (κ3) is 4.76. The number of benzene rings is 2. The van der Waals surface area contributed by atoms with Crippen molar-refractivity contribution in [3.63, 3.8) is 0 Å². The Balaban J connectivity index is 1.32. The van der Waals surface area contributed by atoms with Crippen molar-refractivity contribution in [2.75, 3.05) is 13.2 Å². The Morgan fingerprint density at radius 1 is 0.828 bits per heavy atom. The highest BCUT2D eigenvalue weighted by Gasteiger charge is 2.32. The van der Waals surface area contributed by atoms with Gasteiger partial charge in [0, 0.05) is 11.8 Å². The highest BCUT2D eigenvalue weighted by atomic mass is 19.2. The van der Waals surface area contributed by atoms with Gasteiger partial charge in [0.05, 0.1) is 13.2 Å². The summed E-state index contributed by atoms with van der Waals surface area (Å²) in [6.07, 6.45) is 8.60. The number of halogens is 2. The molecule has 0 aromatic heterocycles. The quantitative estimate of drug-likeness (QED) is 0.550. The monoisotopic (exact) mass is 398 g/mol. The van der Waals surface area contributed by atoms with Crippen molar-refractivity contribution in [3.8, 4) is 11.1 Å². The van der Waals surface area contributed by atoms with Crippen LogP contribution in [0.1, 0.15) is 44.1 Å². The van der Waals surface area contributed by atoms with E-state index in [0.29, 0.717) is 23.3 Å². The van der Waals surface area contributed by atoms with E-state index >= 15 is 0 Å². The van der Waals surface area contributed by atoms with Gasteiger partial charge >= 0.3 is 0 Å². The van der Waals surface area contributed by atoms with Gasteiger partial charge in [0.25, 0.3) is 0 Å². The second-order valence-electron chi connectivity index (χ2n) is 8.18. The van der Waals surface area contributed by atoms with E-state index in [1.807, 2.05) is 19.1 Å². The highest BCUT2D eigenvalue weighted by Crippen LogP contribution is 2.39. The van der Waals surface area contributed by atoms with E-state index in [4.69, 9.17) is 9.47 Å². The lowest BCUT2D eigenvalue weighted by atomic mass is 9.78. The minimum absolute atomic E-state index is 0.0618. The van der Waals surface area contributed by atoms with Gasteiger partial charge in [0.15, 0.2) is 17.9 Å². The van der Waals surface area contributed by atoms with Gasteiger partial charge in [-0.1, -0.05) is 42.5 Å². The van der Waals surface area contributed by atoms with Crippen LogP contribution in [0, 0.1) is 23.5 Å². The van der Waals surface area contributed by atoms with E-state index in [2.05, 4.69) is 24.3 Å². The fourth-order valence-corrected chi connectivity index (χ4v) is 4.54. The molecule has 1 aliphatic carbocycles. The first-order valence-corrected chi connectivity index (χ1v) is 10.6. The highest BCUT2D eigenvalue weighted by molar-refractivity contribution is 5.63. The average molecular weight is 398 g/mol. The molecule has 0 atom stereocenters. The standard InChI is InChI=1S/C25H28F2O2/c1-2-3-17-15-28-25(29-16-17)21-10-8-19(9-11-21)18-4-6-20(7-5-18)22-12-13-23(26)24(27)14-22/h2-7,12-14,17,19,21,25H,8-11,15-16H2,1H3/b3-2+/t17-,19-,21-,25-. The van der Waals surface area contributed by atoms with Crippen LogP contribution in [0.4, 0.5) is 8.78 Å². The molecule has 0 N–H and O–H groups in total. The van der Waals surface area contributed by atoms with Crippen LogP contribution in [0.2, 0.25) is 0 Å². The molecule has 2 aromatic rings. The Morgan fingerprint density at radius 3 is 2.10 bits per heavy atom. The topological polar surface area (TPSA) is 18.5 Å². The Bertz CT molecular complexity index is 830. The lowest BCUT2D eigenvalue weighted by Crippen LogP contribution is -2.37. The largest absolute Gasteiger partial charge is 0.352 e. The van der Waals surface area contributed by atoms with Crippen LogP contribution in [0.15, 0.2) is 54.6 Å². The van der Waals surface area contributed by atoms with Crippen molar-refractivity contribution in [2.24, 2.45) is 11.8 Å². The first-order chi connectivity index (χ1) is 14.1. The summed E-state index contributed by atoms with van der Waals surface area (Å²) in [6.45, 7) is 3.53. The summed E-state index contributed by atoms with van der Waals surface area (Å²) >= 11 is 0. The van der Waals surface area contributed by atoms with Gasteiger partial charge in [-0.05, 0) is 67.3 Å². The van der Waals surface area contributed by atoms with Crippen molar-refractivity contribution in [3.05, 3.63) is 71.8 Å². The lowest BCUT2D eigenvalue weighted by Gasteiger charge is -2.37. The van der Waals surface area contributed by atoms with Crippen molar-refractivity contribution in [1.29, 1.82) is 0 Å². The van der Waals surface area contributed by atoms with E-state index in [1.165, 1.54) is 17.7 Å². The molecule has 2 nitrogen and oxygen atoms in total. The van der Waals surface area contributed by atoms with Gasteiger partial charge in [0.2, 0.25) is 0 Å². The molecule has 0 bridgehead atoms. The summed E-state index contributed by atoms with van der Waals surface area (Å²) in [5.74, 6) is -0.246. The van der Waals surface area contributed by atoms with E-state index in [0.717, 1.165) is 44.5 Å². The molecule has 0 unspecified atom stereocenters. The molecule has 4 heteroatoms. The molecule has 1 saturated heterocycles. The maximum Gasteiger partial charge on any atom is 0.160 e. The zero-order valence-corrected chi connectivity index (χ0v) is 16.8. The molecule has 0 spiro atoms. The van der Waals surface area contributed by atoms with Crippen LogP contribution in [-0.4, -0.2) is 19.5 Å². The normalized spacial score (nSPS) is 28.0. The third-order valence-corrected chi connectivity index (χ3v) is 6.21. The Morgan fingerprint density at radius 2 is 1.48 bits per heavy atom. The lowest BCUT2D eigenvalue weighted by molar-refractivity contribution is -0.222. The number of rotatable bonds is 4. The number of hydrogen-bond donors (Lipinski definition) is 0. The molecule has 154 valence electrons. The molecule has 0 radical (unpaired) electrons. The predicted molar refractivity (Wildman–Crippen MR) is 110 cm³/mol. The second-order valence-corrected chi connectivity index (χ2v) is 8.18. The van der Waals surface area contributed by atoms with E-state index in [-0.39, 0.29) is 6.29 Å². The SMILES string of the molecule is C/C=C/[C@H]1CO[C@H]([C@H]2CC[C@H](c3ccc(-c4ccc(F)c(F)c4)cc3)CC2)OC1. The van der Waals surface area contributed by atoms with Crippen molar-refractivity contribution in [1.82, 2.24) is 0 Å². The predicted octanol–water partition coefficient (Wildman–Crippen LogP) is 6.47. The smallest absolute Gasteiger partial charge is 0.160 e. The minimum Gasteiger partial charge on any atom is -0.352 e. The van der Waals surface area contributed by atoms with Gasteiger partial charge in [-0.15, -0.1) is 0 Å². The van der Waals surface area contributed by atoms with Crippen LogP contribution < -0.4 is 0 Å². The molecular formula is C25H28F2O2. The first-order valence-electron chi connectivity index (χ1n) is 10.6. The maximum absolute atomic E-state index is 13.5. The summed E-state index contributed by atoms with van der Waals surface area (Å²) in [4.78, 5) is 0. The molecule has 2 aliphatic rings. The fraction of sp³-hybridized carbons (Fsp3) is 0.440. The Labute approximate surface area is 171 Å². The van der Waals surface area contributed by atoms with Gasteiger partial charge in [-0.2, -0.15) is 0 Å².